The van der Waals surface area contributed by atoms with E-state index in [4.69, 9.17) is 17.3 Å². The number of halogens is 1. The van der Waals surface area contributed by atoms with Gasteiger partial charge in [0, 0.05) is 10.5 Å². The number of esters is 1. The molecule has 4 nitrogen and oxygen atoms in total. The molecule has 0 atom stereocenters. The number of aromatic nitrogens is 1. The third-order valence-corrected chi connectivity index (χ3v) is 3.95. The molecule has 22 heavy (non-hydrogen) atoms. The van der Waals surface area contributed by atoms with Crippen molar-refractivity contribution in [3.63, 3.8) is 0 Å². The van der Waals surface area contributed by atoms with Crippen LogP contribution >= 0.6 is 24.2 Å². The number of pyridine rings is 1. The zero-order valence-electron chi connectivity index (χ0n) is 12.1. The molecule has 1 aromatic carbocycles. The molecule has 2 aromatic rings. The zero-order chi connectivity index (χ0) is 16.3. The number of methoxy groups -OCH3 is 1. The van der Waals surface area contributed by atoms with Crippen molar-refractivity contribution in [3.8, 4) is 11.3 Å². The zero-order valence-corrected chi connectivity index (χ0v) is 13.8. The molecule has 0 radical (unpaired) electrons. The molecule has 6 heteroatoms. The van der Waals surface area contributed by atoms with Crippen LogP contribution in [-0.2, 0) is 4.74 Å². The minimum absolute atomic E-state index is 0.0108. The lowest BCUT2D eigenvalue weighted by Gasteiger charge is -2.11. The summed E-state index contributed by atoms with van der Waals surface area (Å²) in [5, 5.41) is 0.0842. The van der Waals surface area contributed by atoms with E-state index in [2.05, 4.69) is 22.3 Å². The SMILES string of the molecule is CC=Cc1cccc(-c2cc(N)c(Cl)c(C(=O)OC)n2)c1S. The van der Waals surface area contributed by atoms with E-state index in [0.717, 1.165) is 16.0 Å². The van der Waals surface area contributed by atoms with Crippen molar-refractivity contribution in [2.24, 2.45) is 0 Å². The molecule has 114 valence electrons. The van der Waals surface area contributed by atoms with E-state index in [0.29, 0.717) is 5.69 Å². The highest BCUT2D eigenvalue weighted by molar-refractivity contribution is 7.80. The Kier molecular flexibility index (Phi) is 5.11. The summed E-state index contributed by atoms with van der Waals surface area (Å²) in [6, 6.07) is 7.29. The number of nitrogens with two attached hydrogens (primary N) is 1. The Morgan fingerprint density at radius 2 is 2.18 bits per heavy atom. The Bertz CT molecular complexity index is 760. The number of benzene rings is 1. The van der Waals surface area contributed by atoms with Gasteiger partial charge in [0.1, 0.15) is 0 Å². The number of allylic oxidation sites excluding steroid dienone is 1. The van der Waals surface area contributed by atoms with Gasteiger partial charge in [0.05, 0.1) is 23.5 Å². The molecule has 0 spiro atoms. The quantitative estimate of drug-likeness (QED) is 0.655. The molecule has 0 bridgehead atoms. The second-order valence-electron chi connectivity index (χ2n) is 4.49. The molecule has 0 saturated carbocycles. The maximum Gasteiger partial charge on any atom is 0.358 e. The number of rotatable bonds is 3. The molecular weight excluding hydrogens is 320 g/mol. The third-order valence-electron chi connectivity index (χ3n) is 3.05. The number of thiol groups is 1. The fourth-order valence-corrected chi connectivity index (χ4v) is 2.51. The molecule has 2 rings (SSSR count). The van der Waals surface area contributed by atoms with E-state index in [-0.39, 0.29) is 16.4 Å². The van der Waals surface area contributed by atoms with Gasteiger partial charge in [-0.25, -0.2) is 9.78 Å². The average Bonchev–Trinajstić information content (AvgIpc) is 2.51. The monoisotopic (exact) mass is 334 g/mol. The molecule has 0 amide bonds. The Balaban J connectivity index is 2.66. The van der Waals surface area contributed by atoms with Gasteiger partial charge >= 0.3 is 5.97 Å². The van der Waals surface area contributed by atoms with Crippen LogP contribution in [0.25, 0.3) is 17.3 Å². The average molecular weight is 335 g/mol. The molecule has 0 aliphatic heterocycles. The van der Waals surface area contributed by atoms with E-state index in [1.807, 2.05) is 37.3 Å². The van der Waals surface area contributed by atoms with Gasteiger partial charge < -0.3 is 10.5 Å². The summed E-state index contributed by atoms with van der Waals surface area (Å²) in [5.41, 5.74) is 8.34. The van der Waals surface area contributed by atoms with Gasteiger partial charge in [-0.1, -0.05) is 42.0 Å². The number of carbonyl (C=O) groups excluding carboxylic acids is 1. The number of ether oxygens (including phenoxy) is 1. The van der Waals surface area contributed by atoms with Crippen LogP contribution in [0.5, 0.6) is 0 Å². The topological polar surface area (TPSA) is 65.2 Å². The van der Waals surface area contributed by atoms with Gasteiger partial charge in [-0.15, -0.1) is 12.6 Å². The van der Waals surface area contributed by atoms with Crippen LogP contribution in [0.1, 0.15) is 23.0 Å². The highest BCUT2D eigenvalue weighted by Crippen LogP contribution is 2.33. The summed E-state index contributed by atoms with van der Waals surface area (Å²) in [7, 11) is 1.26. The molecule has 2 N–H and O–H groups in total. The van der Waals surface area contributed by atoms with Crippen LogP contribution in [0, 0.1) is 0 Å². The minimum Gasteiger partial charge on any atom is -0.464 e. The normalized spacial score (nSPS) is 10.9. The summed E-state index contributed by atoms with van der Waals surface area (Å²) in [4.78, 5) is 16.8. The fraction of sp³-hybridized carbons (Fsp3) is 0.125. The second-order valence-corrected chi connectivity index (χ2v) is 5.32. The van der Waals surface area contributed by atoms with Crippen molar-refractivity contribution in [3.05, 3.63) is 46.6 Å². The van der Waals surface area contributed by atoms with Gasteiger partial charge in [-0.05, 0) is 18.6 Å². The number of anilines is 1. The second kappa shape index (κ2) is 6.85. The van der Waals surface area contributed by atoms with Gasteiger partial charge in [0.2, 0.25) is 0 Å². The van der Waals surface area contributed by atoms with Crippen LogP contribution in [0.15, 0.2) is 35.2 Å². The summed E-state index contributed by atoms with van der Waals surface area (Å²) in [5.74, 6) is -0.635. The predicted octanol–water partition coefficient (Wildman–Crippen LogP) is 4.09. The molecule has 0 saturated heterocycles. The van der Waals surface area contributed by atoms with Crippen LogP contribution in [0.2, 0.25) is 5.02 Å². The maximum atomic E-state index is 11.8. The minimum atomic E-state index is -0.635. The largest absolute Gasteiger partial charge is 0.464 e. The van der Waals surface area contributed by atoms with E-state index in [1.165, 1.54) is 7.11 Å². The first-order chi connectivity index (χ1) is 10.5. The Morgan fingerprint density at radius 3 is 2.82 bits per heavy atom. The number of hydrogen-bond donors (Lipinski definition) is 2. The lowest BCUT2D eigenvalue weighted by atomic mass is 10.1. The fourth-order valence-electron chi connectivity index (χ4n) is 2.00. The number of nitrogens with zero attached hydrogens (tertiary/aromatic N) is 1. The van der Waals surface area contributed by atoms with Crippen LogP contribution in [0.3, 0.4) is 0 Å². The Morgan fingerprint density at radius 1 is 1.45 bits per heavy atom. The van der Waals surface area contributed by atoms with E-state index < -0.39 is 5.97 Å². The number of carbonyl (C=O) groups is 1. The lowest BCUT2D eigenvalue weighted by molar-refractivity contribution is 0.0594. The smallest absolute Gasteiger partial charge is 0.358 e. The highest BCUT2D eigenvalue weighted by Gasteiger charge is 2.18. The van der Waals surface area contributed by atoms with Crippen LogP contribution in [-0.4, -0.2) is 18.1 Å². The third kappa shape index (κ3) is 3.10. The molecule has 1 heterocycles. The van der Waals surface area contributed by atoms with Gasteiger partial charge in [-0.3, -0.25) is 0 Å². The molecule has 0 fully saturated rings. The van der Waals surface area contributed by atoms with Crippen molar-refractivity contribution in [2.45, 2.75) is 11.8 Å². The summed E-state index contributed by atoms with van der Waals surface area (Å²) < 4.78 is 4.68. The summed E-state index contributed by atoms with van der Waals surface area (Å²) >= 11 is 10.6. The van der Waals surface area contributed by atoms with Crippen molar-refractivity contribution < 1.29 is 9.53 Å². The summed E-state index contributed by atoms with van der Waals surface area (Å²) in [6.07, 6.45) is 3.86. The van der Waals surface area contributed by atoms with Crippen molar-refractivity contribution in [1.29, 1.82) is 0 Å². The van der Waals surface area contributed by atoms with E-state index in [9.17, 15) is 4.79 Å². The molecule has 1 aromatic heterocycles. The van der Waals surface area contributed by atoms with Crippen molar-refractivity contribution in [1.82, 2.24) is 4.98 Å². The van der Waals surface area contributed by atoms with Crippen molar-refractivity contribution in [2.75, 3.05) is 12.8 Å². The molecular formula is C16H15ClN2O2S. The first-order valence-corrected chi connectivity index (χ1v) is 7.31. The summed E-state index contributed by atoms with van der Waals surface area (Å²) in [6.45, 7) is 1.92. The highest BCUT2D eigenvalue weighted by atomic mass is 35.5. The molecule has 0 aliphatic rings. The number of hydrogen-bond acceptors (Lipinski definition) is 5. The van der Waals surface area contributed by atoms with Crippen molar-refractivity contribution >= 4 is 42.0 Å². The maximum absolute atomic E-state index is 11.8. The predicted molar refractivity (Wildman–Crippen MR) is 92.4 cm³/mol. The van der Waals surface area contributed by atoms with Gasteiger partial charge in [-0.2, -0.15) is 0 Å². The van der Waals surface area contributed by atoms with Crippen LogP contribution in [0.4, 0.5) is 5.69 Å². The van der Waals surface area contributed by atoms with E-state index >= 15 is 0 Å². The van der Waals surface area contributed by atoms with E-state index in [1.54, 1.807) is 6.07 Å². The first kappa shape index (κ1) is 16.4. The standard InChI is InChI=1S/C16H15ClN2O2S/c1-3-5-9-6-4-7-10(15(9)22)12-8-11(18)13(17)14(19-12)16(20)21-2/h3-8,22H,1-2H3,(H2,18,19). The Labute approximate surface area is 139 Å². The van der Waals surface area contributed by atoms with Crippen LogP contribution < -0.4 is 5.73 Å². The number of nitrogen functional groups attached to an aromatic ring is 1. The van der Waals surface area contributed by atoms with Gasteiger partial charge in [0.25, 0.3) is 0 Å². The van der Waals surface area contributed by atoms with Gasteiger partial charge in [0.15, 0.2) is 5.69 Å². The first-order valence-electron chi connectivity index (χ1n) is 6.49. The Hall–Kier alpha value is -1.98. The lowest BCUT2D eigenvalue weighted by Crippen LogP contribution is -2.08. The molecule has 0 aliphatic carbocycles. The molecule has 0 unspecified atom stereocenters.